The minimum atomic E-state index is 0.276. The van der Waals surface area contributed by atoms with Crippen molar-refractivity contribution in [2.24, 2.45) is 5.73 Å². The Bertz CT molecular complexity index is 167. The van der Waals surface area contributed by atoms with E-state index in [-0.39, 0.29) is 5.54 Å². The standard InChI is InChI=1S/C11H24N2S/c1-4-10(2)13(3)11(8-12)6-5-7-14-9-11/h10H,4-9,12H2,1-3H3. The van der Waals surface area contributed by atoms with Crippen molar-refractivity contribution in [3.63, 3.8) is 0 Å². The van der Waals surface area contributed by atoms with E-state index in [4.69, 9.17) is 5.73 Å². The summed E-state index contributed by atoms with van der Waals surface area (Å²) in [5.74, 6) is 2.53. The first-order valence-corrected chi connectivity index (χ1v) is 6.82. The number of hydrogen-bond acceptors (Lipinski definition) is 3. The number of likely N-dealkylation sites (N-methyl/N-ethyl adjacent to an activating group) is 1. The van der Waals surface area contributed by atoms with Crippen LogP contribution in [0.4, 0.5) is 0 Å². The van der Waals surface area contributed by atoms with Gasteiger partial charge >= 0.3 is 0 Å². The van der Waals surface area contributed by atoms with Crippen LogP contribution in [0.1, 0.15) is 33.1 Å². The van der Waals surface area contributed by atoms with E-state index < -0.39 is 0 Å². The van der Waals surface area contributed by atoms with Gasteiger partial charge in [-0.25, -0.2) is 0 Å². The van der Waals surface area contributed by atoms with Gasteiger partial charge in [-0.2, -0.15) is 11.8 Å². The highest BCUT2D eigenvalue weighted by Crippen LogP contribution is 2.32. The molecule has 0 saturated carbocycles. The Morgan fingerprint density at radius 2 is 2.29 bits per heavy atom. The lowest BCUT2D eigenvalue weighted by Crippen LogP contribution is -2.58. The summed E-state index contributed by atoms with van der Waals surface area (Å²) in [6.07, 6.45) is 3.81. The Hall–Kier alpha value is 0.270. The van der Waals surface area contributed by atoms with Gasteiger partial charge in [-0.05, 0) is 39.0 Å². The summed E-state index contributed by atoms with van der Waals surface area (Å²) < 4.78 is 0. The largest absolute Gasteiger partial charge is 0.329 e. The Morgan fingerprint density at radius 3 is 2.71 bits per heavy atom. The van der Waals surface area contributed by atoms with Gasteiger partial charge in [0.2, 0.25) is 0 Å². The van der Waals surface area contributed by atoms with Gasteiger partial charge in [0.15, 0.2) is 0 Å². The molecule has 0 bridgehead atoms. The van der Waals surface area contributed by atoms with Crippen LogP contribution in [0.2, 0.25) is 0 Å². The summed E-state index contributed by atoms with van der Waals surface area (Å²) in [4.78, 5) is 2.51. The smallest absolute Gasteiger partial charge is 0.0421 e. The molecule has 0 aromatic heterocycles. The van der Waals surface area contributed by atoms with Crippen LogP contribution in [0.3, 0.4) is 0 Å². The summed E-state index contributed by atoms with van der Waals surface area (Å²) in [5.41, 5.74) is 6.25. The van der Waals surface area contributed by atoms with Crippen LogP contribution in [0.5, 0.6) is 0 Å². The monoisotopic (exact) mass is 216 g/mol. The SMILES string of the molecule is CCC(C)N(C)C1(CN)CCCSC1. The highest BCUT2D eigenvalue weighted by molar-refractivity contribution is 7.99. The summed E-state index contributed by atoms with van der Waals surface area (Å²) >= 11 is 2.06. The second-order valence-electron chi connectivity index (χ2n) is 4.45. The molecule has 3 heteroatoms. The topological polar surface area (TPSA) is 29.3 Å². The van der Waals surface area contributed by atoms with Gasteiger partial charge in [-0.3, -0.25) is 4.90 Å². The lowest BCUT2D eigenvalue weighted by molar-refractivity contribution is 0.0911. The number of hydrogen-bond donors (Lipinski definition) is 1. The van der Waals surface area contributed by atoms with E-state index in [0.717, 1.165) is 6.54 Å². The maximum atomic E-state index is 5.98. The molecule has 2 unspecified atom stereocenters. The van der Waals surface area contributed by atoms with E-state index in [1.165, 1.54) is 30.8 Å². The predicted octanol–water partition coefficient (Wildman–Crippen LogP) is 1.94. The minimum absolute atomic E-state index is 0.276. The van der Waals surface area contributed by atoms with Crippen LogP contribution in [0, 0.1) is 0 Å². The molecule has 84 valence electrons. The lowest BCUT2D eigenvalue weighted by atomic mass is 9.92. The second kappa shape index (κ2) is 5.38. The van der Waals surface area contributed by atoms with Gasteiger partial charge in [-0.15, -0.1) is 0 Å². The van der Waals surface area contributed by atoms with E-state index in [1.54, 1.807) is 0 Å². The number of nitrogens with zero attached hydrogens (tertiary/aromatic N) is 1. The van der Waals surface area contributed by atoms with Crippen molar-refractivity contribution in [1.82, 2.24) is 4.90 Å². The van der Waals surface area contributed by atoms with Crippen molar-refractivity contribution < 1.29 is 0 Å². The van der Waals surface area contributed by atoms with Crippen LogP contribution in [0.15, 0.2) is 0 Å². The zero-order valence-corrected chi connectivity index (χ0v) is 10.6. The summed E-state index contributed by atoms with van der Waals surface area (Å²) in [6, 6.07) is 0.650. The quantitative estimate of drug-likeness (QED) is 0.779. The molecule has 2 N–H and O–H groups in total. The molecule has 1 aliphatic rings. The lowest BCUT2D eigenvalue weighted by Gasteiger charge is -2.46. The average Bonchev–Trinajstić information content (AvgIpc) is 2.28. The fourth-order valence-corrected chi connectivity index (χ4v) is 3.50. The van der Waals surface area contributed by atoms with Crippen molar-refractivity contribution in [3.8, 4) is 0 Å². The normalized spacial score (nSPS) is 30.6. The zero-order chi connectivity index (χ0) is 10.6. The molecule has 2 nitrogen and oxygen atoms in total. The van der Waals surface area contributed by atoms with Crippen molar-refractivity contribution in [2.75, 3.05) is 25.1 Å². The van der Waals surface area contributed by atoms with Gasteiger partial charge in [0, 0.05) is 23.9 Å². The van der Waals surface area contributed by atoms with Crippen molar-refractivity contribution in [3.05, 3.63) is 0 Å². The Labute approximate surface area is 92.6 Å². The molecule has 1 heterocycles. The van der Waals surface area contributed by atoms with Crippen LogP contribution >= 0.6 is 11.8 Å². The second-order valence-corrected chi connectivity index (χ2v) is 5.56. The third kappa shape index (κ3) is 2.44. The highest BCUT2D eigenvalue weighted by atomic mass is 32.2. The van der Waals surface area contributed by atoms with Gasteiger partial charge in [0.25, 0.3) is 0 Å². The maximum absolute atomic E-state index is 5.98. The molecule has 1 aliphatic heterocycles. The first-order valence-electron chi connectivity index (χ1n) is 5.67. The molecule has 0 aromatic carbocycles. The first-order chi connectivity index (χ1) is 6.66. The van der Waals surface area contributed by atoms with Gasteiger partial charge in [0.1, 0.15) is 0 Å². The molecule has 14 heavy (non-hydrogen) atoms. The Kier molecular flexibility index (Phi) is 4.74. The van der Waals surface area contributed by atoms with Crippen molar-refractivity contribution in [2.45, 2.75) is 44.7 Å². The highest BCUT2D eigenvalue weighted by Gasteiger charge is 2.36. The maximum Gasteiger partial charge on any atom is 0.0421 e. The zero-order valence-electron chi connectivity index (χ0n) is 9.75. The van der Waals surface area contributed by atoms with E-state index in [0.29, 0.717) is 6.04 Å². The van der Waals surface area contributed by atoms with Crippen LogP contribution in [0.25, 0.3) is 0 Å². The molecule has 0 aliphatic carbocycles. The number of thioether (sulfide) groups is 1. The van der Waals surface area contributed by atoms with Gasteiger partial charge < -0.3 is 5.73 Å². The fourth-order valence-electron chi connectivity index (χ4n) is 2.16. The first kappa shape index (κ1) is 12.3. The fraction of sp³-hybridized carbons (Fsp3) is 1.00. The van der Waals surface area contributed by atoms with E-state index in [2.05, 4.69) is 37.6 Å². The van der Waals surface area contributed by atoms with E-state index in [1.807, 2.05) is 0 Å². The molecular weight excluding hydrogens is 192 g/mol. The summed E-state index contributed by atoms with van der Waals surface area (Å²) in [7, 11) is 2.24. The molecular formula is C11H24N2S. The molecule has 0 amide bonds. The molecule has 1 saturated heterocycles. The molecule has 1 rings (SSSR count). The Balaban J connectivity index is 2.66. The number of nitrogens with two attached hydrogens (primary N) is 1. The molecule has 0 spiro atoms. The summed E-state index contributed by atoms with van der Waals surface area (Å²) in [5, 5.41) is 0. The number of rotatable bonds is 4. The van der Waals surface area contributed by atoms with Crippen LogP contribution < -0.4 is 5.73 Å². The van der Waals surface area contributed by atoms with Crippen molar-refractivity contribution >= 4 is 11.8 Å². The van der Waals surface area contributed by atoms with E-state index >= 15 is 0 Å². The average molecular weight is 216 g/mol. The molecule has 2 atom stereocenters. The van der Waals surface area contributed by atoms with Crippen molar-refractivity contribution in [1.29, 1.82) is 0 Å². The van der Waals surface area contributed by atoms with Gasteiger partial charge in [-0.1, -0.05) is 6.92 Å². The third-order valence-electron chi connectivity index (χ3n) is 3.68. The minimum Gasteiger partial charge on any atom is -0.329 e. The van der Waals surface area contributed by atoms with Crippen LogP contribution in [-0.4, -0.2) is 41.6 Å². The molecule has 1 fully saturated rings. The third-order valence-corrected chi connectivity index (χ3v) is 5.00. The van der Waals surface area contributed by atoms with Gasteiger partial charge in [0.05, 0.1) is 0 Å². The molecule has 0 radical (unpaired) electrons. The van der Waals surface area contributed by atoms with Crippen LogP contribution in [-0.2, 0) is 0 Å². The predicted molar refractivity (Wildman–Crippen MR) is 65.9 cm³/mol. The summed E-state index contributed by atoms with van der Waals surface area (Å²) in [6.45, 7) is 5.36. The van der Waals surface area contributed by atoms with E-state index in [9.17, 15) is 0 Å². The molecule has 0 aromatic rings. The Morgan fingerprint density at radius 1 is 1.57 bits per heavy atom.